The third kappa shape index (κ3) is 5.25. The van der Waals surface area contributed by atoms with Crippen LogP contribution in [0.25, 0.3) is 0 Å². The van der Waals surface area contributed by atoms with Gasteiger partial charge in [0.15, 0.2) is 0 Å². The SMILES string of the molecule is C[NH2+]C1C=CC(=[NH+]c2ccc(Nc3ccc(Nc4ccc(C)cc4)cc3)cc2)C=C1. The molecule has 0 aromatic heterocycles. The van der Waals surface area contributed by atoms with Gasteiger partial charge in [-0.05, 0) is 67.6 Å². The molecule has 0 spiro atoms. The van der Waals surface area contributed by atoms with Crippen LogP contribution in [0.5, 0.6) is 0 Å². The number of benzene rings is 3. The van der Waals surface area contributed by atoms with Crippen LogP contribution in [-0.4, -0.2) is 18.8 Å². The molecule has 1 aliphatic rings. The van der Waals surface area contributed by atoms with Crippen molar-refractivity contribution in [1.82, 2.24) is 0 Å². The Morgan fingerprint density at radius 3 is 1.57 bits per heavy atom. The van der Waals surface area contributed by atoms with Crippen molar-refractivity contribution in [1.29, 1.82) is 0 Å². The number of nitrogens with two attached hydrogens (primary N) is 1. The highest BCUT2D eigenvalue weighted by Crippen LogP contribution is 2.22. The Hall–Kier alpha value is -3.63. The zero-order valence-electron chi connectivity index (χ0n) is 17.4. The van der Waals surface area contributed by atoms with Gasteiger partial charge in [-0.3, -0.25) is 0 Å². The van der Waals surface area contributed by atoms with E-state index >= 15 is 0 Å². The largest absolute Gasteiger partial charge is 0.356 e. The Morgan fingerprint density at radius 1 is 0.667 bits per heavy atom. The molecule has 5 N–H and O–H groups in total. The standard InChI is InChI=1S/C26H26N4/c1-19-3-5-21(6-4-19)28-23-11-13-25(14-12-23)30-26-17-15-24(16-18-26)29-22-9-7-20(27-2)8-10-22/h3-18,20,27-28,30H,1-2H3/p+2. The Kier molecular flexibility index (Phi) is 6.06. The fourth-order valence-corrected chi connectivity index (χ4v) is 3.27. The summed E-state index contributed by atoms with van der Waals surface area (Å²) in [5, 5.41) is 9.05. The van der Waals surface area contributed by atoms with Crippen LogP contribution in [0.3, 0.4) is 0 Å². The van der Waals surface area contributed by atoms with E-state index in [1.807, 2.05) is 0 Å². The second kappa shape index (κ2) is 9.25. The summed E-state index contributed by atoms with van der Waals surface area (Å²) in [4.78, 5) is 3.44. The second-order valence-corrected chi connectivity index (χ2v) is 7.48. The molecular formula is C26H28N4+2. The Labute approximate surface area is 178 Å². The molecule has 0 atom stereocenters. The van der Waals surface area contributed by atoms with Crippen molar-refractivity contribution >= 4 is 34.1 Å². The smallest absolute Gasteiger partial charge is 0.204 e. The van der Waals surface area contributed by atoms with Crippen molar-refractivity contribution in [2.75, 3.05) is 17.7 Å². The summed E-state index contributed by atoms with van der Waals surface area (Å²) in [5.74, 6) is 0. The quantitative estimate of drug-likeness (QED) is 0.517. The molecule has 0 radical (unpaired) electrons. The van der Waals surface area contributed by atoms with Crippen molar-refractivity contribution in [2.24, 2.45) is 0 Å². The molecule has 0 fully saturated rings. The van der Waals surface area contributed by atoms with Crippen molar-refractivity contribution in [3.63, 3.8) is 0 Å². The summed E-state index contributed by atoms with van der Waals surface area (Å²) in [6, 6.07) is 25.5. The Bertz CT molecular complexity index is 1040. The van der Waals surface area contributed by atoms with Crippen molar-refractivity contribution < 1.29 is 10.3 Å². The van der Waals surface area contributed by atoms with Crippen LogP contribution in [0.2, 0.25) is 0 Å². The maximum absolute atomic E-state index is 3.45. The first kappa shape index (κ1) is 19.7. The Morgan fingerprint density at radius 2 is 1.10 bits per heavy atom. The summed E-state index contributed by atoms with van der Waals surface area (Å²) in [5.41, 5.74) is 7.70. The number of rotatable bonds is 6. The number of allylic oxidation sites excluding steroid dienone is 2. The molecule has 0 unspecified atom stereocenters. The molecule has 4 nitrogen and oxygen atoms in total. The lowest BCUT2D eigenvalue weighted by molar-refractivity contribution is -0.642. The van der Waals surface area contributed by atoms with Crippen LogP contribution < -0.4 is 20.9 Å². The van der Waals surface area contributed by atoms with E-state index in [4.69, 9.17) is 0 Å². The molecule has 0 bridgehead atoms. The molecule has 0 saturated heterocycles. The van der Waals surface area contributed by atoms with Gasteiger partial charge in [-0.25, -0.2) is 4.99 Å². The Balaban J connectivity index is 1.36. The van der Waals surface area contributed by atoms with E-state index in [9.17, 15) is 0 Å². The summed E-state index contributed by atoms with van der Waals surface area (Å²) < 4.78 is 0. The third-order valence-corrected chi connectivity index (χ3v) is 5.07. The van der Waals surface area contributed by atoms with Crippen LogP contribution >= 0.6 is 0 Å². The third-order valence-electron chi connectivity index (χ3n) is 5.07. The number of anilines is 4. The molecule has 150 valence electrons. The number of quaternary nitrogens is 1. The molecule has 0 amide bonds. The van der Waals surface area contributed by atoms with Crippen molar-refractivity contribution in [3.8, 4) is 0 Å². The van der Waals surface area contributed by atoms with Gasteiger partial charge in [0.1, 0.15) is 6.04 Å². The number of hydrogen-bond acceptors (Lipinski definition) is 2. The topological polar surface area (TPSA) is 54.6 Å². The van der Waals surface area contributed by atoms with Crippen molar-refractivity contribution in [3.05, 3.63) is 103 Å². The van der Waals surface area contributed by atoms with Gasteiger partial charge in [0.2, 0.25) is 11.4 Å². The number of likely N-dealkylation sites (N-methyl/N-ethyl adjacent to an activating group) is 1. The highest BCUT2D eigenvalue weighted by atomic mass is 14.9. The normalized spacial score (nSPS) is 15.1. The first-order valence-corrected chi connectivity index (χ1v) is 10.3. The monoisotopic (exact) mass is 396 g/mol. The van der Waals surface area contributed by atoms with Gasteiger partial charge >= 0.3 is 0 Å². The summed E-state index contributed by atoms with van der Waals surface area (Å²) in [6.07, 6.45) is 8.64. The molecule has 0 saturated carbocycles. The highest BCUT2D eigenvalue weighted by molar-refractivity contribution is 6.01. The number of nitrogens with one attached hydrogen (secondary N) is 3. The van der Waals surface area contributed by atoms with Gasteiger partial charge in [-0.1, -0.05) is 17.7 Å². The summed E-state index contributed by atoms with van der Waals surface area (Å²) in [6.45, 7) is 2.09. The zero-order valence-corrected chi connectivity index (χ0v) is 17.4. The van der Waals surface area contributed by atoms with Gasteiger partial charge in [-0.2, -0.15) is 0 Å². The molecule has 0 aliphatic heterocycles. The average molecular weight is 397 g/mol. The molecule has 3 aromatic rings. The molecule has 4 rings (SSSR count). The molecule has 3 aromatic carbocycles. The van der Waals surface area contributed by atoms with Crippen LogP contribution in [0, 0.1) is 6.92 Å². The minimum Gasteiger partial charge on any atom is -0.356 e. The lowest BCUT2D eigenvalue weighted by Crippen LogP contribution is -2.85. The average Bonchev–Trinajstić information content (AvgIpc) is 2.78. The molecule has 0 heterocycles. The lowest BCUT2D eigenvalue weighted by atomic mass is 10.1. The van der Waals surface area contributed by atoms with Gasteiger partial charge in [-0.15, -0.1) is 0 Å². The van der Waals surface area contributed by atoms with E-state index < -0.39 is 0 Å². The maximum Gasteiger partial charge on any atom is 0.204 e. The maximum atomic E-state index is 3.45. The number of aryl methyl sites for hydroxylation is 1. The fraction of sp³-hybridized carbons (Fsp3) is 0.115. The van der Waals surface area contributed by atoms with Crippen LogP contribution in [0.1, 0.15) is 5.56 Å². The van der Waals surface area contributed by atoms with E-state index in [0.717, 1.165) is 34.1 Å². The van der Waals surface area contributed by atoms with Gasteiger partial charge < -0.3 is 16.0 Å². The fourth-order valence-electron chi connectivity index (χ4n) is 3.27. The first-order chi connectivity index (χ1) is 14.7. The minimum atomic E-state index is 0.431. The summed E-state index contributed by atoms with van der Waals surface area (Å²) >= 11 is 0. The molecule has 30 heavy (non-hydrogen) atoms. The molecule has 4 heteroatoms. The second-order valence-electron chi connectivity index (χ2n) is 7.48. The van der Waals surface area contributed by atoms with E-state index in [2.05, 4.69) is 132 Å². The molecule has 1 aliphatic carbocycles. The molecular weight excluding hydrogens is 368 g/mol. The van der Waals surface area contributed by atoms with E-state index in [1.165, 1.54) is 5.56 Å². The van der Waals surface area contributed by atoms with Crippen LogP contribution in [0.15, 0.2) is 97.1 Å². The van der Waals surface area contributed by atoms with Crippen LogP contribution in [-0.2, 0) is 0 Å². The highest BCUT2D eigenvalue weighted by Gasteiger charge is 2.09. The minimum absolute atomic E-state index is 0.431. The van der Waals surface area contributed by atoms with E-state index in [1.54, 1.807) is 0 Å². The lowest BCUT2D eigenvalue weighted by Gasteiger charge is -2.09. The zero-order chi connectivity index (χ0) is 20.8. The van der Waals surface area contributed by atoms with E-state index in [0.29, 0.717) is 6.04 Å². The predicted octanol–water partition coefficient (Wildman–Crippen LogP) is 3.32. The summed E-state index contributed by atoms with van der Waals surface area (Å²) in [7, 11) is 2.08. The van der Waals surface area contributed by atoms with Gasteiger partial charge in [0, 0.05) is 47.0 Å². The first-order valence-electron chi connectivity index (χ1n) is 10.3. The number of hydrogen-bond donors (Lipinski definition) is 4. The van der Waals surface area contributed by atoms with E-state index in [-0.39, 0.29) is 0 Å². The van der Waals surface area contributed by atoms with Gasteiger partial charge in [0.05, 0.1) is 7.05 Å². The van der Waals surface area contributed by atoms with Gasteiger partial charge in [0.25, 0.3) is 0 Å². The van der Waals surface area contributed by atoms with Crippen molar-refractivity contribution in [2.45, 2.75) is 13.0 Å². The van der Waals surface area contributed by atoms with Crippen LogP contribution in [0.4, 0.5) is 28.4 Å². The predicted molar refractivity (Wildman–Crippen MR) is 126 cm³/mol.